The van der Waals surface area contributed by atoms with Crippen LogP contribution in [0.25, 0.3) is 0 Å². The Bertz CT molecular complexity index is 549. The lowest BCUT2D eigenvalue weighted by Crippen LogP contribution is -2.40. The molecule has 0 radical (unpaired) electrons. The van der Waals surface area contributed by atoms with Gasteiger partial charge in [0.2, 0.25) is 0 Å². The fourth-order valence-electron chi connectivity index (χ4n) is 3.69. The van der Waals surface area contributed by atoms with Crippen molar-refractivity contribution in [3.05, 3.63) is 34.4 Å². The molecule has 1 unspecified atom stereocenters. The van der Waals surface area contributed by atoms with Crippen LogP contribution in [0.1, 0.15) is 81.4 Å². The van der Waals surface area contributed by atoms with E-state index in [1.54, 1.807) is 0 Å². The Hall–Kier alpha value is -1.11. The van der Waals surface area contributed by atoms with E-state index in [-0.39, 0.29) is 16.6 Å². The van der Waals surface area contributed by atoms with Crippen molar-refractivity contribution < 1.29 is 4.79 Å². The van der Waals surface area contributed by atoms with Crippen molar-refractivity contribution in [2.24, 2.45) is 5.92 Å². The highest BCUT2D eigenvalue weighted by Crippen LogP contribution is 2.49. The summed E-state index contributed by atoms with van der Waals surface area (Å²) in [6, 6.07) is 4.46. The lowest BCUT2D eigenvalue weighted by molar-refractivity contribution is 0.0987. The van der Waals surface area contributed by atoms with Gasteiger partial charge >= 0.3 is 0 Å². The quantitative estimate of drug-likeness (QED) is 0.678. The van der Waals surface area contributed by atoms with E-state index in [0.717, 1.165) is 11.1 Å². The molecule has 0 N–H and O–H groups in total. The predicted molar refractivity (Wildman–Crippen MR) is 85.6 cm³/mol. The summed E-state index contributed by atoms with van der Waals surface area (Å²) in [7, 11) is 0. The molecular formula is C19H28O. The maximum Gasteiger partial charge on any atom is 0.162 e. The number of ketones is 1. The molecule has 0 heterocycles. The van der Waals surface area contributed by atoms with Crippen molar-refractivity contribution in [1.82, 2.24) is 0 Å². The maximum absolute atomic E-state index is 12.2. The van der Waals surface area contributed by atoms with Gasteiger partial charge in [0, 0.05) is 12.0 Å². The van der Waals surface area contributed by atoms with Crippen LogP contribution in [-0.2, 0) is 10.8 Å². The van der Waals surface area contributed by atoms with Crippen LogP contribution >= 0.6 is 0 Å². The van der Waals surface area contributed by atoms with E-state index in [4.69, 9.17) is 0 Å². The molecule has 1 aromatic carbocycles. The molecule has 0 aromatic heterocycles. The van der Waals surface area contributed by atoms with Crippen molar-refractivity contribution in [2.75, 3.05) is 0 Å². The van der Waals surface area contributed by atoms with Crippen molar-refractivity contribution in [1.29, 1.82) is 0 Å². The molecule has 1 atom stereocenters. The van der Waals surface area contributed by atoms with Crippen LogP contribution in [0.15, 0.2) is 12.1 Å². The second kappa shape index (κ2) is 4.72. The average Bonchev–Trinajstić information content (AvgIpc) is 2.35. The van der Waals surface area contributed by atoms with Crippen LogP contribution in [0.5, 0.6) is 0 Å². The van der Waals surface area contributed by atoms with Gasteiger partial charge in [-0.2, -0.15) is 0 Å². The predicted octanol–water partition coefficient (Wildman–Crippen LogP) is 5.18. The van der Waals surface area contributed by atoms with E-state index >= 15 is 0 Å². The molecule has 1 nitrogen and oxygen atoms in total. The number of carbonyl (C=O) groups excluding carboxylic acids is 1. The van der Waals surface area contributed by atoms with Gasteiger partial charge < -0.3 is 0 Å². The van der Waals surface area contributed by atoms with Crippen molar-refractivity contribution in [2.45, 2.75) is 72.1 Å². The number of carbonyl (C=O) groups is 1. The van der Waals surface area contributed by atoms with E-state index in [1.807, 2.05) is 6.92 Å². The Morgan fingerprint density at radius 3 is 2.35 bits per heavy atom. The number of hydrogen-bond acceptors (Lipinski definition) is 1. The Balaban J connectivity index is 2.71. The first-order valence-electron chi connectivity index (χ1n) is 7.80. The zero-order chi connectivity index (χ0) is 15.3. The second-order valence-electron chi connectivity index (χ2n) is 7.70. The highest BCUT2D eigenvalue weighted by molar-refractivity contribution is 5.97. The van der Waals surface area contributed by atoms with Gasteiger partial charge in [-0.3, -0.25) is 4.79 Å². The van der Waals surface area contributed by atoms with Gasteiger partial charge in [-0.25, -0.2) is 0 Å². The van der Waals surface area contributed by atoms with Gasteiger partial charge in [-0.05, 0) is 52.8 Å². The Morgan fingerprint density at radius 2 is 1.80 bits per heavy atom. The van der Waals surface area contributed by atoms with Gasteiger partial charge in [-0.15, -0.1) is 0 Å². The summed E-state index contributed by atoms with van der Waals surface area (Å²) in [6.45, 7) is 15.7. The molecule has 1 heteroatoms. The summed E-state index contributed by atoms with van der Waals surface area (Å²) in [5.74, 6) is 0.912. The number of fused-ring (bicyclic) bond motifs is 1. The summed E-state index contributed by atoms with van der Waals surface area (Å²) in [5.41, 5.74) is 5.21. The summed E-state index contributed by atoms with van der Waals surface area (Å²) >= 11 is 0. The Morgan fingerprint density at radius 1 is 1.20 bits per heavy atom. The molecule has 0 saturated carbocycles. The lowest BCUT2D eigenvalue weighted by atomic mass is 9.58. The zero-order valence-corrected chi connectivity index (χ0v) is 14.1. The van der Waals surface area contributed by atoms with E-state index in [9.17, 15) is 4.79 Å². The smallest absolute Gasteiger partial charge is 0.162 e. The number of aryl methyl sites for hydroxylation is 1. The van der Waals surface area contributed by atoms with Gasteiger partial charge in [0.25, 0.3) is 0 Å². The normalized spacial score (nSPS) is 23.2. The first-order chi connectivity index (χ1) is 9.11. The number of Topliss-reactive ketones (excluding diaryl/α,β-unsaturated/α-hetero) is 1. The third kappa shape index (κ3) is 2.21. The summed E-state index contributed by atoms with van der Waals surface area (Å²) in [6.07, 6.45) is 1.76. The monoisotopic (exact) mass is 272 g/mol. The molecule has 0 bridgehead atoms. The topological polar surface area (TPSA) is 17.1 Å². The first kappa shape index (κ1) is 15.3. The van der Waals surface area contributed by atoms with Crippen LogP contribution in [0.2, 0.25) is 0 Å². The van der Waals surface area contributed by atoms with Crippen LogP contribution < -0.4 is 0 Å². The molecule has 1 aliphatic rings. The molecule has 0 fully saturated rings. The molecule has 2 rings (SSSR count). The Labute approximate surface area is 123 Å². The van der Waals surface area contributed by atoms with Gasteiger partial charge in [-0.1, -0.05) is 47.6 Å². The summed E-state index contributed by atoms with van der Waals surface area (Å²) in [4.78, 5) is 12.2. The van der Waals surface area contributed by atoms with E-state index in [1.165, 1.54) is 17.5 Å². The van der Waals surface area contributed by atoms with E-state index < -0.39 is 0 Å². The van der Waals surface area contributed by atoms with Crippen LogP contribution in [0.3, 0.4) is 0 Å². The van der Waals surface area contributed by atoms with Crippen molar-refractivity contribution in [3.63, 3.8) is 0 Å². The first-order valence-corrected chi connectivity index (χ1v) is 7.80. The minimum absolute atomic E-state index is 0.154. The fourth-order valence-corrected chi connectivity index (χ4v) is 3.69. The highest BCUT2D eigenvalue weighted by atomic mass is 16.1. The van der Waals surface area contributed by atoms with Gasteiger partial charge in [0.15, 0.2) is 5.78 Å². The average molecular weight is 272 g/mol. The highest BCUT2D eigenvalue weighted by Gasteiger charge is 2.42. The molecular weight excluding hydrogens is 244 g/mol. The SMILES string of the molecule is CCC(=O)c1cc2c(cc1C)C(C)(C)C(C)CC2(C)C. The Kier molecular flexibility index (Phi) is 3.60. The van der Waals surface area contributed by atoms with Gasteiger partial charge in [0.05, 0.1) is 0 Å². The molecule has 110 valence electrons. The number of rotatable bonds is 2. The molecule has 0 amide bonds. The minimum Gasteiger partial charge on any atom is -0.294 e. The number of benzene rings is 1. The molecule has 20 heavy (non-hydrogen) atoms. The summed E-state index contributed by atoms with van der Waals surface area (Å²) in [5, 5.41) is 0. The molecule has 0 spiro atoms. The standard InChI is InChI=1S/C19H28O/c1-8-17(20)14-10-15-16(9-12(14)2)19(6,7)13(3)11-18(15,4)5/h9-10,13H,8,11H2,1-7H3. The van der Waals surface area contributed by atoms with Crippen molar-refractivity contribution >= 4 is 5.78 Å². The third-order valence-electron chi connectivity index (χ3n) is 5.46. The lowest BCUT2D eigenvalue weighted by Gasteiger charge is -2.47. The van der Waals surface area contributed by atoms with Gasteiger partial charge in [0.1, 0.15) is 0 Å². The molecule has 1 aromatic rings. The van der Waals surface area contributed by atoms with E-state index in [2.05, 4.69) is 53.7 Å². The van der Waals surface area contributed by atoms with E-state index in [0.29, 0.717) is 12.3 Å². The van der Waals surface area contributed by atoms with Crippen LogP contribution in [-0.4, -0.2) is 5.78 Å². The summed E-state index contributed by atoms with van der Waals surface area (Å²) < 4.78 is 0. The van der Waals surface area contributed by atoms with Crippen LogP contribution in [0, 0.1) is 12.8 Å². The molecule has 0 saturated heterocycles. The van der Waals surface area contributed by atoms with Crippen LogP contribution in [0.4, 0.5) is 0 Å². The maximum atomic E-state index is 12.2. The number of hydrogen-bond donors (Lipinski definition) is 0. The second-order valence-corrected chi connectivity index (χ2v) is 7.70. The molecule has 0 aliphatic heterocycles. The molecule has 1 aliphatic carbocycles. The zero-order valence-electron chi connectivity index (χ0n) is 14.1. The van der Waals surface area contributed by atoms with Crippen molar-refractivity contribution in [3.8, 4) is 0 Å². The minimum atomic E-state index is 0.154. The fraction of sp³-hybridized carbons (Fsp3) is 0.632. The third-order valence-corrected chi connectivity index (χ3v) is 5.46. The largest absolute Gasteiger partial charge is 0.294 e.